The van der Waals surface area contributed by atoms with E-state index in [1.54, 1.807) is 6.92 Å². The highest BCUT2D eigenvalue weighted by atomic mass is 16.6. The van der Waals surface area contributed by atoms with E-state index in [2.05, 4.69) is 0 Å². The predicted octanol–water partition coefficient (Wildman–Crippen LogP) is -0.650. The van der Waals surface area contributed by atoms with Gasteiger partial charge < -0.3 is 19.7 Å². The molecule has 0 aromatic rings. The van der Waals surface area contributed by atoms with Crippen molar-refractivity contribution >= 4 is 0 Å². The second-order valence-electron chi connectivity index (χ2n) is 1.90. The molecular weight excluding hydrogens is 136 g/mol. The molecule has 0 bridgehead atoms. The van der Waals surface area contributed by atoms with Gasteiger partial charge in [-0.1, -0.05) is 0 Å². The van der Waals surface area contributed by atoms with E-state index < -0.39 is 0 Å². The van der Waals surface area contributed by atoms with Gasteiger partial charge in [0.1, 0.15) is 6.79 Å². The number of hydrogen-bond donors (Lipinski definition) is 2. The van der Waals surface area contributed by atoms with E-state index in [4.69, 9.17) is 19.7 Å². The average Bonchev–Trinajstić information content (AvgIpc) is 1.89. The molecule has 4 nitrogen and oxygen atoms in total. The Morgan fingerprint density at radius 1 is 1.40 bits per heavy atom. The van der Waals surface area contributed by atoms with E-state index in [9.17, 15) is 0 Å². The summed E-state index contributed by atoms with van der Waals surface area (Å²) in [7, 11) is 0. The maximum atomic E-state index is 8.29. The lowest BCUT2D eigenvalue weighted by Crippen LogP contribution is -2.17. The van der Waals surface area contributed by atoms with Crippen LogP contribution in [0.1, 0.15) is 6.92 Å². The zero-order valence-corrected chi connectivity index (χ0v) is 6.12. The first-order chi connectivity index (χ1) is 4.81. The second-order valence-corrected chi connectivity index (χ2v) is 1.90. The van der Waals surface area contributed by atoms with Gasteiger partial charge >= 0.3 is 0 Å². The first-order valence-corrected chi connectivity index (χ1v) is 3.22. The topological polar surface area (TPSA) is 58.9 Å². The van der Waals surface area contributed by atoms with Crippen LogP contribution >= 0.6 is 0 Å². The van der Waals surface area contributed by atoms with Crippen LogP contribution in [-0.2, 0) is 9.47 Å². The molecule has 0 saturated carbocycles. The lowest BCUT2D eigenvalue weighted by Gasteiger charge is -2.09. The Morgan fingerprint density at radius 3 is 2.60 bits per heavy atom. The minimum absolute atomic E-state index is 0.0197. The zero-order chi connectivity index (χ0) is 7.82. The summed E-state index contributed by atoms with van der Waals surface area (Å²) in [6.07, 6.45) is -0.114. The van der Waals surface area contributed by atoms with E-state index in [-0.39, 0.29) is 19.5 Å². The Labute approximate surface area is 60.4 Å². The zero-order valence-electron chi connectivity index (χ0n) is 6.12. The first kappa shape index (κ1) is 9.84. The minimum Gasteiger partial charge on any atom is -0.394 e. The highest BCUT2D eigenvalue weighted by Gasteiger charge is 1.99. The van der Waals surface area contributed by atoms with Crippen LogP contribution < -0.4 is 0 Å². The molecule has 0 aliphatic carbocycles. The van der Waals surface area contributed by atoms with Gasteiger partial charge in [-0.05, 0) is 6.92 Å². The smallest absolute Gasteiger partial charge is 0.144 e. The molecule has 2 N–H and O–H groups in total. The third kappa shape index (κ3) is 5.97. The van der Waals surface area contributed by atoms with E-state index in [1.165, 1.54) is 0 Å². The summed E-state index contributed by atoms with van der Waals surface area (Å²) in [6.45, 7) is 2.24. The van der Waals surface area contributed by atoms with E-state index in [0.29, 0.717) is 13.2 Å². The molecule has 0 aromatic heterocycles. The fourth-order valence-electron chi connectivity index (χ4n) is 0.489. The van der Waals surface area contributed by atoms with Crippen molar-refractivity contribution in [2.24, 2.45) is 0 Å². The van der Waals surface area contributed by atoms with E-state index in [1.807, 2.05) is 0 Å². The molecule has 0 aromatic carbocycles. The fourth-order valence-corrected chi connectivity index (χ4v) is 0.489. The lowest BCUT2D eigenvalue weighted by molar-refractivity contribution is -0.0759. The summed E-state index contributed by atoms with van der Waals surface area (Å²) < 4.78 is 9.65. The number of aliphatic hydroxyl groups excluding tert-OH is 2. The third-order valence-corrected chi connectivity index (χ3v) is 0.947. The van der Waals surface area contributed by atoms with Gasteiger partial charge in [0.25, 0.3) is 0 Å². The van der Waals surface area contributed by atoms with Crippen LogP contribution in [-0.4, -0.2) is 42.9 Å². The molecule has 62 valence electrons. The number of rotatable bonds is 6. The highest BCUT2D eigenvalue weighted by molar-refractivity contribution is 4.44. The Balaban J connectivity index is 2.97. The molecule has 0 rings (SSSR count). The van der Waals surface area contributed by atoms with Gasteiger partial charge in [0.2, 0.25) is 0 Å². The largest absolute Gasteiger partial charge is 0.394 e. The van der Waals surface area contributed by atoms with Crippen LogP contribution in [0.25, 0.3) is 0 Å². The maximum Gasteiger partial charge on any atom is 0.144 e. The van der Waals surface area contributed by atoms with Crippen molar-refractivity contribution in [2.45, 2.75) is 13.0 Å². The summed E-state index contributed by atoms with van der Waals surface area (Å²) >= 11 is 0. The number of ether oxygens (including phenoxy) is 2. The molecule has 1 atom stereocenters. The Kier molecular flexibility index (Phi) is 6.84. The predicted molar refractivity (Wildman–Crippen MR) is 35.5 cm³/mol. The van der Waals surface area contributed by atoms with Crippen molar-refractivity contribution in [3.05, 3.63) is 0 Å². The van der Waals surface area contributed by atoms with Crippen LogP contribution in [0.2, 0.25) is 0 Å². The van der Waals surface area contributed by atoms with Gasteiger partial charge in [0, 0.05) is 0 Å². The average molecular weight is 150 g/mol. The summed E-state index contributed by atoms with van der Waals surface area (Å²) in [5.41, 5.74) is 0. The monoisotopic (exact) mass is 150 g/mol. The van der Waals surface area contributed by atoms with Gasteiger partial charge in [-0.25, -0.2) is 0 Å². The van der Waals surface area contributed by atoms with E-state index in [0.717, 1.165) is 0 Å². The molecule has 0 amide bonds. The Bertz CT molecular complexity index is 66.8. The molecule has 4 heteroatoms. The van der Waals surface area contributed by atoms with Crippen molar-refractivity contribution in [2.75, 3.05) is 26.6 Å². The Hall–Kier alpha value is -0.160. The molecule has 0 aliphatic heterocycles. The van der Waals surface area contributed by atoms with Crippen LogP contribution in [0.15, 0.2) is 0 Å². The van der Waals surface area contributed by atoms with Gasteiger partial charge in [-0.3, -0.25) is 0 Å². The van der Waals surface area contributed by atoms with E-state index >= 15 is 0 Å². The van der Waals surface area contributed by atoms with Crippen LogP contribution in [0.5, 0.6) is 0 Å². The summed E-state index contributed by atoms with van der Waals surface area (Å²) in [5.74, 6) is 0. The molecule has 0 spiro atoms. The number of aliphatic hydroxyl groups is 2. The van der Waals surface area contributed by atoms with Gasteiger partial charge in [0.15, 0.2) is 0 Å². The second kappa shape index (κ2) is 6.95. The van der Waals surface area contributed by atoms with Crippen LogP contribution in [0, 0.1) is 0 Å². The molecule has 0 aliphatic rings. The fraction of sp³-hybridized carbons (Fsp3) is 1.00. The van der Waals surface area contributed by atoms with Crippen molar-refractivity contribution < 1.29 is 19.7 Å². The van der Waals surface area contributed by atoms with Crippen molar-refractivity contribution in [1.82, 2.24) is 0 Å². The third-order valence-electron chi connectivity index (χ3n) is 0.947. The minimum atomic E-state index is -0.288. The molecular formula is C6H14O4. The van der Waals surface area contributed by atoms with Gasteiger partial charge in [-0.15, -0.1) is 0 Å². The molecule has 0 unspecified atom stereocenters. The van der Waals surface area contributed by atoms with Crippen molar-refractivity contribution in [3.63, 3.8) is 0 Å². The molecule has 0 radical (unpaired) electrons. The van der Waals surface area contributed by atoms with Crippen molar-refractivity contribution in [1.29, 1.82) is 0 Å². The van der Waals surface area contributed by atoms with Gasteiger partial charge in [-0.2, -0.15) is 0 Å². The normalized spacial score (nSPS) is 13.5. The summed E-state index contributed by atoms with van der Waals surface area (Å²) in [6, 6.07) is 0. The lowest BCUT2D eigenvalue weighted by atomic mass is 10.4. The van der Waals surface area contributed by atoms with Crippen LogP contribution in [0.4, 0.5) is 0 Å². The number of hydrogen-bond acceptors (Lipinski definition) is 4. The summed E-state index contributed by atoms with van der Waals surface area (Å²) in [4.78, 5) is 0. The molecule has 0 saturated heterocycles. The molecule has 10 heavy (non-hydrogen) atoms. The first-order valence-electron chi connectivity index (χ1n) is 3.22. The Morgan fingerprint density at radius 2 is 2.10 bits per heavy atom. The van der Waals surface area contributed by atoms with Crippen LogP contribution in [0.3, 0.4) is 0 Å². The van der Waals surface area contributed by atoms with Crippen molar-refractivity contribution in [3.8, 4) is 0 Å². The summed E-state index contributed by atoms with van der Waals surface area (Å²) in [5, 5.41) is 16.6. The standard InChI is InChI=1S/C6H14O4/c1-6(10-5-8)4-9-3-2-7/h6-8H,2-5H2,1H3/t6-/m1/s1. The SMILES string of the molecule is C[C@H](COCCO)OCO. The van der Waals surface area contributed by atoms with Gasteiger partial charge in [0.05, 0.1) is 25.9 Å². The highest BCUT2D eigenvalue weighted by Crippen LogP contribution is 1.89. The maximum absolute atomic E-state index is 8.29. The molecule has 0 heterocycles. The quantitative estimate of drug-likeness (QED) is 0.390. The molecule has 0 fully saturated rings.